The highest BCUT2D eigenvalue weighted by Gasteiger charge is 1.82. The summed E-state index contributed by atoms with van der Waals surface area (Å²) in [7, 11) is 0. The fraction of sp³-hybridized carbons (Fsp3) is 0.0909. The Kier molecular flexibility index (Phi) is 2.70. The lowest BCUT2D eigenvalue weighted by atomic mass is 10.2. The molecule has 0 fully saturated rings. The summed E-state index contributed by atoms with van der Waals surface area (Å²) in [5.41, 5.74) is 6.45. The van der Waals surface area contributed by atoms with Crippen molar-refractivity contribution in [1.29, 1.82) is 0 Å². The summed E-state index contributed by atoms with van der Waals surface area (Å²) in [6, 6.07) is 6.15. The van der Waals surface area contributed by atoms with E-state index in [4.69, 9.17) is 5.73 Å². The van der Waals surface area contributed by atoms with Crippen LogP contribution in [0.5, 0.6) is 0 Å². The first-order valence-corrected chi connectivity index (χ1v) is 3.88. The van der Waals surface area contributed by atoms with Gasteiger partial charge >= 0.3 is 0 Å². The Labute approximate surface area is 72.5 Å². The van der Waals surface area contributed by atoms with Gasteiger partial charge in [-0.15, -0.1) is 0 Å². The van der Waals surface area contributed by atoms with Crippen LogP contribution >= 0.6 is 0 Å². The van der Waals surface area contributed by atoms with Crippen molar-refractivity contribution in [2.24, 2.45) is 5.73 Å². The van der Waals surface area contributed by atoms with Crippen LogP contribution in [-0.4, -0.2) is 0 Å². The molecule has 0 spiro atoms. The lowest BCUT2D eigenvalue weighted by molar-refractivity contribution is 1.41. The van der Waals surface area contributed by atoms with E-state index in [0.29, 0.717) is 0 Å². The minimum atomic E-state index is 1.04. The minimum absolute atomic E-state index is 1.04. The van der Waals surface area contributed by atoms with Crippen LogP contribution in [0.15, 0.2) is 30.5 Å². The van der Waals surface area contributed by atoms with Crippen molar-refractivity contribution in [3.05, 3.63) is 46.5 Å². The molecule has 0 bridgehead atoms. The van der Waals surface area contributed by atoms with Crippen LogP contribution in [0.1, 0.15) is 5.56 Å². The Balaban J connectivity index is 3.28. The summed E-state index contributed by atoms with van der Waals surface area (Å²) >= 11 is 0. The Bertz CT molecular complexity index is 388. The van der Waals surface area contributed by atoms with Crippen molar-refractivity contribution >= 4 is 12.7 Å². The molecule has 1 aromatic carbocycles. The molecule has 0 amide bonds. The van der Waals surface area contributed by atoms with E-state index in [0.717, 1.165) is 10.4 Å². The van der Waals surface area contributed by atoms with E-state index in [1.165, 1.54) is 11.8 Å². The highest BCUT2D eigenvalue weighted by Crippen LogP contribution is 1.85. The first-order valence-electron chi connectivity index (χ1n) is 3.88. The van der Waals surface area contributed by atoms with E-state index in [1.54, 1.807) is 6.08 Å². The van der Waals surface area contributed by atoms with Gasteiger partial charge in [0.2, 0.25) is 0 Å². The van der Waals surface area contributed by atoms with Crippen LogP contribution in [0.2, 0.25) is 0 Å². The van der Waals surface area contributed by atoms with Gasteiger partial charge in [-0.2, -0.15) is 0 Å². The predicted octanol–water partition coefficient (Wildman–Crippen LogP) is 0.658. The summed E-state index contributed by atoms with van der Waals surface area (Å²) in [5.74, 6) is 0. The number of rotatable bonds is 1. The summed E-state index contributed by atoms with van der Waals surface area (Å²) in [4.78, 5) is 0. The third-order valence-corrected chi connectivity index (χ3v) is 1.69. The number of hydrogen-bond donors (Lipinski definition) is 1. The molecule has 2 N–H and O–H groups in total. The summed E-state index contributed by atoms with van der Waals surface area (Å²) < 4.78 is 0. The van der Waals surface area contributed by atoms with Crippen molar-refractivity contribution in [2.75, 3.05) is 0 Å². The molecule has 0 aliphatic heterocycles. The van der Waals surface area contributed by atoms with Crippen molar-refractivity contribution in [3.8, 4) is 0 Å². The van der Waals surface area contributed by atoms with Crippen molar-refractivity contribution < 1.29 is 0 Å². The molecule has 0 unspecified atom stereocenters. The quantitative estimate of drug-likeness (QED) is 0.640. The molecule has 1 aromatic rings. The third-order valence-electron chi connectivity index (χ3n) is 1.69. The lowest BCUT2D eigenvalue weighted by Crippen LogP contribution is -2.22. The van der Waals surface area contributed by atoms with E-state index < -0.39 is 0 Å². The van der Waals surface area contributed by atoms with Gasteiger partial charge in [0.1, 0.15) is 0 Å². The zero-order valence-corrected chi connectivity index (χ0v) is 7.25. The molecule has 1 nitrogen and oxygen atoms in total. The summed E-state index contributed by atoms with van der Waals surface area (Å²) in [6.07, 6.45) is 5.26. The van der Waals surface area contributed by atoms with Crippen molar-refractivity contribution in [3.63, 3.8) is 0 Å². The normalized spacial score (nSPS) is 12.6. The lowest BCUT2D eigenvalue weighted by Gasteiger charge is -1.90. The van der Waals surface area contributed by atoms with Crippen molar-refractivity contribution in [2.45, 2.75) is 6.92 Å². The molecule has 1 heteroatoms. The third kappa shape index (κ3) is 1.99. The summed E-state index contributed by atoms with van der Waals surface area (Å²) in [6.45, 7) is 5.98. The predicted molar refractivity (Wildman–Crippen MR) is 53.7 cm³/mol. The minimum Gasteiger partial charge on any atom is -0.405 e. The first kappa shape index (κ1) is 8.60. The molecule has 0 saturated heterocycles. The highest BCUT2D eigenvalue weighted by molar-refractivity contribution is 5.38. The fourth-order valence-corrected chi connectivity index (χ4v) is 1.06. The SMILES string of the molecule is C=c1cc(C)cc/c1=C/C=C\N. The van der Waals surface area contributed by atoms with E-state index in [-0.39, 0.29) is 0 Å². The van der Waals surface area contributed by atoms with E-state index in [1.807, 2.05) is 12.1 Å². The van der Waals surface area contributed by atoms with Crippen LogP contribution in [0.25, 0.3) is 12.7 Å². The van der Waals surface area contributed by atoms with E-state index >= 15 is 0 Å². The van der Waals surface area contributed by atoms with Gasteiger partial charge in [0.05, 0.1) is 0 Å². The average molecular weight is 159 g/mol. The zero-order chi connectivity index (χ0) is 8.97. The van der Waals surface area contributed by atoms with Gasteiger partial charge < -0.3 is 5.73 Å². The average Bonchev–Trinajstić information content (AvgIpc) is 2.03. The fourth-order valence-electron chi connectivity index (χ4n) is 1.06. The molecule has 0 atom stereocenters. The molecule has 0 radical (unpaired) electrons. The highest BCUT2D eigenvalue weighted by atomic mass is 14.5. The maximum atomic E-state index is 5.22. The molecule has 62 valence electrons. The van der Waals surface area contributed by atoms with Crippen molar-refractivity contribution in [1.82, 2.24) is 0 Å². The van der Waals surface area contributed by atoms with Gasteiger partial charge in [-0.1, -0.05) is 36.4 Å². The van der Waals surface area contributed by atoms with Gasteiger partial charge in [-0.25, -0.2) is 0 Å². The Morgan fingerprint density at radius 3 is 2.75 bits per heavy atom. The monoisotopic (exact) mass is 159 g/mol. The zero-order valence-electron chi connectivity index (χ0n) is 7.25. The topological polar surface area (TPSA) is 26.0 Å². The smallest absolute Gasteiger partial charge is 0.00622 e. The second kappa shape index (κ2) is 3.77. The standard InChI is InChI=1S/C11H13N/c1-9-5-6-11(4-3-7-12)10(2)8-9/h3-8H,2,12H2,1H3/b7-3-,11-4-. The van der Waals surface area contributed by atoms with E-state index in [2.05, 4.69) is 25.6 Å². The molecule has 0 aliphatic rings. The van der Waals surface area contributed by atoms with Crippen LogP contribution in [0.3, 0.4) is 0 Å². The second-order valence-electron chi connectivity index (χ2n) is 2.75. The van der Waals surface area contributed by atoms with Gasteiger partial charge in [0, 0.05) is 0 Å². The number of nitrogens with two attached hydrogens (primary N) is 1. The van der Waals surface area contributed by atoms with Crippen LogP contribution in [-0.2, 0) is 0 Å². The van der Waals surface area contributed by atoms with Crippen LogP contribution in [0.4, 0.5) is 0 Å². The molecule has 12 heavy (non-hydrogen) atoms. The second-order valence-corrected chi connectivity index (χ2v) is 2.75. The van der Waals surface area contributed by atoms with Gasteiger partial charge in [-0.05, 0) is 29.6 Å². The molecular formula is C11H13N. The summed E-state index contributed by atoms with van der Waals surface area (Å²) in [5, 5.41) is 2.15. The molecule has 0 saturated carbocycles. The maximum absolute atomic E-state index is 5.22. The maximum Gasteiger partial charge on any atom is -0.00622 e. The largest absolute Gasteiger partial charge is 0.405 e. The van der Waals surface area contributed by atoms with Crippen LogP contribution in [0, 0.1) is 6.92 Å². The van der Waals surface area contributed by atoms with Gasteiger partial charge in [0.25, 0.3) is 0 Å². The van der Waals surface area contributed by atoms with E-state index in [9.17, 15) is 0 Å². The Morgan fingerprint density at radius 1 is 1.42 bits per heavy atom. The number of aryl methyl sites for hydroxylation is 1. The van der Waals surface area contributed by atoms with Crippen LogP contribution < -0.4 is 16.2 Å². The van der Waals surface area contributed by atoms with Gasteiger partial charge in [0.15, 0.2) is 0 Å². The number of allylic oxidation sites excluding steroid dienone is 1. The Morgan fingerprint density at radius 2 is 2.17 bits per heavy atom. The first-order chi connectivity index (χ1) is 5.74. The van der Waals surface area contributed by atoms with Gasteiger partial charge in [-0.3, -0.25) is 0 Å². The number of hydrogen-bond acceptors (Lipinski definition) is 1. The molecule has 0 aliphatic carbocycles. The molecule has 0 heterocycles. The molecule has 1 rings (SSSR count). The number of benzene rings is 1. The Hall–Kier alpha value is -1.50. The molecular weight excluding hydrogens is 146 g/mol. The molecule has 0 aromatic heterocycles.